The number of rotatable bonds is 4. The maximum Gasteiger partial charge on any atom is 0.291 e. The Hall–Kier alpha value is -2.63. The first kappa shape index (κ1) is 12.8. The third-order valence-corrected chi connectivity index (χ3v) is 2.41. The van der Waals surface area contributed by atoms with Crippen molar-refractivity contribution in [2.24, 2.45) is 5.10 Å². The van der Waals surface area contributed by atoms with E-state index in [9.17, 15) is 4.79 Å². The van der Waals surface area contributed by atoms with Crippen LogP contribution in [-0.4, -0.2) is 29.4 Å². The number of carbonyl (C=O) groups excluding carboxylic acids is 1. The van der Waals surface area contributed by atoms with Gasteiger partial charge >= 0.3 is 0 Å². The summed E-state index contributed by atoms with van der Waals surface area (Å²) in [6.07, 6.45) is 1.54. The molecule has 0 atom stereocenters. The second kappa shape index (κ2) is 5.81. The van der Waals surface area contributed by atoms with Crippen molar-refractivity contribution in [1.82, 2.24) is 15.6 Å². The summed E-state index contributed by atoms with van der Waals surface area (Å²) in [5.74, 6) is 0.377. The minimum atomic E-state index is -0.358. The average Bonchev–Trinajstić information content (AvgIpc) is 2.86. The molecule has 0 spiro atoms. The SMILES string of the molecule is COc1cccc(/C=N\NC(=O)c2cc(C)[nH]n2)c1. The number of nitrogens with zero attached hydrogens (tertiary/aromatic N) is 2. The van der Waals surface area contributed by atoms with E-state index in [1.807, 2.05) is 31.2 Å². The Balaban J connectivity index is 1.97. The van der Waals surface area contributed by atoms with E-state index in [1.54, 1.807) is 19.4 Å². The number of hydrogen-bond donors (Lipinski definition) is 2. The first-order valence-corrected chi connectivity index (χ1v) is 5.68. The minimum Gasteiger partial charge on any atom is -0.497 e. The summed E-state index contributed by atoms with van der Waals surface area (Å²) >= 11 is 0. The van der Waals surface area contributed by atoms with Crippen LogP contribution in [0.1, 0.15) is 21.7 Å². The first-order valence-electron chi connectivity index (χ1n) is 5.68. The molecule has 0 saturated carbocycles. The summed E-state index contributed by atoms with van der Waals surface area (Å²) in [6.45, 7) is 1.82. The number of hydrazone groups is 1. The van der Waals surface area contributed by atoms with Crippen LogP contribution in [0.5, 0.6) is 5.75 Å². The van der Waals surface area contributed by atoms with Crippen LogP contribution >= 0.6 is 0 Å². The summed E-state index contributed by atoms with van der Waals surface area (Å²) in [4.78, 5) is 11.6. The summed E-state index contributed by atoms with van der Waals surface area (Å²) < 4.78 is 5.09. The summed E-state index contributed by atoms with van der Waals surface area (Å²) in [6, 6.07) is 9.00. The molecule has 0 saturated heterocycles. The van der Waals surface area contributed by atoms with E-state index in [4.69, 9.17) is 4.74 Å². The lowest BCUT2D eigenvalue weighted by Gasteiger charge is -1.99. The van der Waals surface area contributed by atoms with Gasteiger partial charge in [-0.3, -0.25) is 9.89 Å². The zero-order valence-corrected chi connectivity index (χ0v) is 10.7. The van der Waals surface area contributed by atoms with Gasteiger partial charge in [0.25, 0.3) is 5.91 Å². The number of aromatic nitrogens is 2. The monoisotopic (exact) mass is 258 g/mol. The molecule has 1 heterocycles. The van der Waals surface area contributed by atoms with Crippen LogP contribution in [0.4, 0.5) is 0 Å². The molecule has 0 aliphatic heterocycles. The molecule has 0 aliphatic rings. The highest BCUT2D eigenvalue weighted by atomic mass is 16.5. The average molecular weight is 258 g/mol. The predicted octanol–water partition coefficient (Wildman–Crippen LogP) is 1.49. The van der Waals surface area contributed by atoms with Crippen molar-refractivity contribution in [2.45, 2.75) is 6.92 Å². The van der Waals surface area contributed by atoms with Crippen LogP contribution in [0.15, 0.2) is 35.4 Å². The fourth-order valence-corrected chi connectivity index (χ4v) is 1.48. The van der Waals surface area contributed by atoms with E-state index >= 15 is 0 Å². The van der Waals surface area contributed by atoms with Gasteiger partial charge in [0.2, 0.25) is 0 Å². The van der Waals surface area contributed by atoms with Crippen LogP contribution < -0.4 is 10.2 Å². The maximum absolute atomic E-state index is 11.6. The van der Waals surface area contributed by atoms with Crippen LogP contribution in [0, 0.1) is 6.92 Å². The zero-order chi connectivity index (χ0) is 13.7. The molecule has 0 unspecified atom stereocenters. The number of hydrogen-bond acceptors (Lipinski definition) is 4. The molecule has 0 aliphatic carbocycles. The standard InChI is InChI=1S/C13H14N4O2/c1-9-6-12(16-15-9)13(18)17-14-8-10-4-3-5-11(7-10)19-2/h3-8H,1-2H3,(H,15,16)(H,17,18)/b14-8-. The molecular formula is C13H14N4O2. The smallest absolute Gasteiger partial charge is 0.291 e. The van der Waals surface area contributed by atoms with Crippen molar-refractivity contribution in [3.63, 3.8) is 0 Å². The van der Waals surface area contributed by atoms with Gasteiger partial charge < -0.3 is 4.74 Å². The number of aryl methyl sites for hydroxylation is 1. The third-order valence-electron chi connectivity index (χ3n) is 2.41. The molecule has 2 N–H and O–H groups in total. The minimum absolute atomic E-state index is 0.306. The van der Waals surface area contributed by atoms with Gasteiger partial charge in [0.1, 0.15) is 5.75 Å². The predicted molar refractivity (Wildman–Crippen MR) is 71.4 cm³/mol. The Labute approximate surface area is 110 Å². The highest BCUT2D eigenvalue weighted by Crippen LogP contribution is 2.10. The second-order valence-corrected chi connectivity index (χ2v) is 3.91. The Morgan fingerprint density at radius 3 is 3.00 bits per heavy atom. The number of carbonyl (C=O) groups is 1. The zero-order valence-electron chi connectivity index (χ0n) is 10.7. The van der Waals surface area contributed by atoms with Gasteiger partial charge in [0, 0.05) is 5.69 Å². The molecule has 19 heavy (non-hydrogen) atoms. The molecule has 2 aromatic rings. The van der Waals surface area contributed by atoms with E-state index in [2.05, 4.69) is 20.7 Å². The first-order chi connectivity index (χ1) is 9.19. The van der Waals surface area contributed by atoms with Gasteiger partial charge in [-0.25, -0.2) is 5.43 Å². The quantitative estimate of drug-likeness (QED) is 0.644. The summed E-state index contributed by atoms with van der Waals surface area (Å²) in [7, 11) is 1.60. The normalized spacial score (nSPS) is 10.6. The summed E-state index contributed by atoms with van der Waals surface area (Å²) in [5, 5.41) is 10.4. The number of amides is 1. The number of H-pyrrole nitrogens is 1. The van der Waals surface area contributed by atoms with E-state index in [-0.39, 0.29) is 5.91 Å². The third kappa shape index (κ3) is 3.41. The maximum atomic E-state index is 11.6. The molecule has 1 aromatic carbocycles. The lowest BCUT2D eigenvalue weighted by molar-refractivity contribution is 0.0950. The van der Waals surface area contributed by atoms with Crippen molar-refractivity contribution < 1.29 is 9.53 Å². The van der Waals surface area contributed by atoms with Crippen LogP contribution in [0.3, 0.4) is 0 Å². The van der Waals surface area contributed by atoms with Gasteiger partial charge in [-0.2, -0.15) is 10.2 Å². The fourth-order valence-electron chi connectivity index (χ4n) is 1.48. The van der Waals surface area contributed by atoms with E-state index in [0.29, 0.717) is 5.69 Å². The molecule has 0 radical (unpaired) electrons. The molecule has 0 bridgehead atoms. The Kier molecular flexibility index (Phi) is 3.92. The lowest BCUT2D eigenvalue weighted by atomic mass is 10.2. The largest absolute Gasteiger partial charge is 0.497 e. The van der Waals surface area contributed by atoms with Gasteiger partial charge in [0.15, 0.2) is 5.69 Å². The molecule has 1 aromatic heterocycles. The molecule has 1 amide bonds. The van der Waals surface area contributed by atoms with Crippen LogP contribution in [0.2, 0.25) is 0 Å². The van der Waals surface area contributed by atoms with E-state index < -0.39 is 0 Å². The number of benzene rings is 1. The highest BCUT2D eigenvalue weighted by Gasteiger charge is 2.07. The topological polar surface area (TPSA) is 79.4 Å². The van der Waals surface area contributed by atoms with Crippen LogP contribution in [0.25, 0.3) is 0 Å². The van der Waals surface area contributed by atoms with E-state index in [1.165, 1.54) is 0 Å². The van der Waals surface area contributed by atoms with Gasteiger partial charge in [0.05, 0.1) is 13.3 Å². The number of nitrogens with one attached hydrogen (secondary N) is 2. The molecule has 98 valence electrons. The van der Waals surface area contributed by atoms with Crippen molar-refractivity contribution in [3.8, 4) is 5.75 Å². The Morgan fingerprint density at radius 1 is 1.47 bits per heavy atom. The fraction of sp³-hybridized carbons (Fsp3) is 0.154. The van der Waals surface area contributed by atoms with Crippen LogP contribution in [-0.2, 0) is 0 Å². The lowest BCUT2D eigenvalue weighted by Crippen LogP contribution is -2.18. The highest BCUT2D eigenvalue weighted by molar-refractivity contribution is 5.93. The molecule has 6 heteroatoms. The van der Waals surface area contributed by atoms with Gasteiger partial charge in [-0.1, -0.05) is 12.1 Å². The van der Waals surface area contributed by atoms with Crippen molar-refractivity contribution >= 4 is 12.1 Å². The molecule has 0 fully saturated rings. The Morgan fingerprint density at radius 2 is 2.32 bits per heavy atom. The van der Waals surface area contributed by atoms with Crippen molar-refractivity contribution in [2.75, 3.05) is 7.11 Å². The van der Waals surface area contributed by atoms with Gasteiger partial charge in [-0.05, 0) is 30.7 Å². The molecule has 2 rings (SSSR count). The summed E-state index contributed by atoms with van der Waals surface area (Å²) in [5.41, 5.74) is 4.36. The number of aromatic amines is 1. The van der Waals surface area contributed by atoms with E-state index in [0.717, 1.165) is 17.0 Å². The molecular weight excluding hydrogens is 244 g/mol. The van der Waals surface area contributed by atoms with Crippen molar-refractivity contribution in [1.29, 1.82) is 0 Å². The molecule has 6 nitrogen and oxygen atoms in total. The number of ether oxygens (including phenoxy) is 1. The van der Waals surface area contributed by atoms with Gasteiger partial charge in [-0.15, -0.1) is 0 Å². The number of methoxy groups -OCH3 is 1. The van der Waals surface area contributed by atoms with Crippen molar-refractivity contribution in [3.05, 3.63) is 47.3 Å². The Bertz CT molecular complexity index is 604. The second-order valence-electron chi connectivity index (χ2n) is 3.91.